The zero-order valence-electron chi connectivity index (χ0n) is 17.8. The highest BCUT2D eigenvalue weighted by atomic mass is 19.4. The van der Waals surface area contributed by atoms with Gasteiger partial charge in [0.15, 0.2) is 6.61 Å². The number of nitrogens with zero attached hydrogens (tertiary/aromatic N) is 3. The molecule has 0 saturated heterocycles. The molecule has 12 heteroatoms. The Labute approximate surface area is 183 Å². The lowest BCUT2D eigenvalue weighted by Gasteiger charge is -2.18. The monoisotopic (exact) mass is 457 g/mol. The Balaban J connectivity index is 2.05. The van der Waals surface area contributed by atoms with Gasteiger partial charge in [-0.3, -0.25) is 14.6 Å². The SMILES string of the molecule is C/C(N)=C(/N=C\C(C)CN1Cc2c(ccnc2C(=O)NCCCO)C1=O)OCC(F)(F)F. The Bertz CT molecular complexity index is 898. The number of carbonyl (C=O) groups excluding carboxylic acids is 2. The van der Waals surface area contributed by atoms with Crippen molar-refractivity contribution >= 4 is 18.0 Å². The largest absolute Gasteiger partial charge is 0.467 e. The fourth-order valence-electron chi connectivity index (χ4n) is 2.99. The molecule has 0 fully saturated rings. The van der Waals surface area contributed by atoms with E-state index in [1.165, 1.54) is 30.3 Å². The van der Waals surface area contributed by atoms with Gasteiger partial charge in [0.2, 0.25) is 5.88 Å². The Kier molecular flexibility index (Phi) is 8.58. The number of nitrogens with two attached hydrogens (primary N) is 1. The summed E-state index contributed by atoms with van der Waals surface area (Å²) in [4.78, 5) is 34.6. The lowest BCUT2D eigenvalue weighted by atomic mass is 10.1. The molecule has 1 aliphatic rings. The van der Waals surface area contributed by atoms with Crippen molar-refractivity contribution < 1.29 is 32.6 Å². The van der Waals surface area contributed by atoms with Gasteiger partial charge in [-0.15, -0.1) is 0 Å². The van der Waals surface area contributed by atoms with Crippen LogP contribution in [0.4, 0.5) is 13.2 Å². The number of carbonyl (C=O) groups is 2. The molecule has 1 atom stereocenters. The number of hydrogen-bond donors (Lipinski definition) is 3. The third kappa shape index (κ3) is 6.94. The number of amides is 2. The number of alkyl halides is 3. The van der Waals surface area contributed by atoms with Crippen molar-refractivity contribution in [2.24, 2.45) is 16.6 Å². The van der Waals surface area contributed by atoms with Crippen LogP contribution in [-0.4, -0.2) is 65.5 Å². The molecule has 0 aromatic carbocycles. The molecular weight excluding hydrogens is 431 g/mol. The van der Waals surface area contributed by atoms with Gasteiger partial charge in [0.05, 0.1) is 5.70 Å². The smallest absolute Gasteiger partial charge is 0.422 e. The lowest BCUT2D eigenvalue weighted by molar-refractivity contribution is -0.165. The van der Waals surface area contributed by atoms with Crippen molar-refractivity contribution in [3.05, 3.63) is 40.7 Å². The average Bonchev–Trinajstić information content (AvgIpc) is 3.02. The van der Waals surface area contributed by atoms with E-state index in [4.69, 9.17) is 10.8 Å². The molecule has 0 saturated carbocycles. The molecule has 1 aliphatic heterocycles. The Morgan fingerprint density at radius 1 is 1.50 bits per heavy atom. The summed E-state index contributed by atoms with van der Waals surface area (Å²) in [7, 11) is 0. The van der Waals surface area contributed by atoms with Crippen LogP contribution in [0.5, 0.6) is 0 Å². The molecule has 1 aromatic rings. The van der Waals surface area contributed by atoms with E-state index < -0.39 is 18.7 Å². The van der Waals surface area contributed by atoms with Crippen molar-refractivity contribution in [3.8, 4) is 0 Å². The number of hydrogen-bond acceptors (Lipinski definition) is 7. The van der Waals surface area contributed by atoms with Gasteiger partial charge in [-0.05, 0) is 19.4 Å². The minimum Gasteiger partial charge on any atom is -0.467 e. The fourth-order valence-corrected chi connectivity index (χ4v) is 2.99. The van der Waals surface area contributed by atoms with E-state index in [2.05, 4.69) is 20.0 Å². The molecule has 32 heavy (non-hydrogen) atoms. The van der Waals surface area contributed by atoms with Crippen LogP contribution in [0.3, 0.4) is 0 Å². The molecule has 2 rings (SSSR count). The van der Waals surface area contributed by atoms with Gasteiger partial charge in [0.1, 0.15) is 5.69 Å². The highest BCUT2D eigenvalue weighted by Crippen LogP contribution is 2.25. The van der Waals surface area contributed by atoms with Crippen LogP contribution in [0.15, 0.2) is 28.8 Å². The number of nitrogens with one attached hydrogen (secondary N) is 1. The lowest BCUT2D eigenvalue weighted by Crippen LogP contribution is -2.30. The standard InChI is InChI=1S/C20H26F3N5O4/c1-12(8-27-18(13(2)24)32-11-20(21,22)23)9-28-10-15-14(19(28)31)4-6-25-16(15)17(30)26-5-3-7-29/h4,6,8,12,29H,3,5,7,9-11,24H2,1-2H3,(H,26,30)/b18-13+,27-8-. The fraction of sp³-hybridized carbons (Fsp3) is 0.500. The summed E-state index contributed by atoms with van der Waals surface area (Å²) in [5, 5.41) is 11.5. The second-order valence-electron chi connectivity index (χ2n) is 7.35. The summed E-state index contributed by atoms with van der Waals surface area (Å²) in [5.41, 5.74) is 6.53. The normalized spacial score (nSPS) is 15.6. The molecule has 9 nitrogen and oxygen atoms in total. The number of halogens is 3. The molecule has 0 spiro atoms. The molecule has 4 N–H and O–H groups in total. The summed E-state index contributed by atoms with van der Waals surface area (Å²) in [6.45, 7) is 2.17. The van der Waals surface area contributed by atoms with Crippen molar-refractivity contribution in [2.75, 3.05) is 26.3 Å². The van der Waals surface area contributed by atoms with Gasteiger partial charge < -0.3 is 25.8 Å². The highest BCUT2D eigenvalue weighted by Gasteiger charge is 2.32. The second-order valence-corrected chi connectivity index (χ2v) is 7.35. The summed E-state index contributed by atoms with van der Waals surface area (Å²) in [6.07, 6.45) is -1.38. The van der Waals surface area contributed by atoms with Gasteiger partial charge in [-0.2, -0.15) is 13.2 Å². The first-order valence-corrected chi connectivity index (χ1v) is 9.89. The zero-order valence-corrected chi connectivity index (χ0v) is 17.8. The molecule has 2 heterocycles. The Morgan fingerprint density at radius 3 is 2.84 bits per heavy atom. The molecule has 0 aliphatic carbocycles. The number of aliphatic hydroxyl groups is 1. The van der Waals surface area contributed by atoms with E-state index in [1.54, 1.807) is 6.92 Å². The Hall–Kier alpha value is -3.15. The first-order chi connectivity index (χ1) is 15.0. The molecular formula is C20H26F3N5O4. The van der Waals surface area contributed by atoms with Crippen molar-refractivity contribution in [2.45, 2.75) is 33.0 Å². The summed E-state index contributed by atoms with van der Waals surface area (Å²) in [6, 6.07) is 1.53. The van der Waals surface area contributed by atoms with Crippen molar-refractivity contribution in [1.29, 1.82) is 0 Å². The van der Waals surface area contributed by atoms with Crippen LogP contribution < -0.4 is 11.1 Å². The van der Waals surface area contributed by atoms with E-state index >= 15 is 0 Å². The topological polar surface area (TPSA) is 130 Å². The van der Waals surface area contributed by atoms with Crippen LogP contribution in [0.2, 0.25) is 0 Å². The maximum absolute atomic E-state index is 12.7. The number of ether oxygens (including phenoxy) is 1. The van der Waals surface area contributed by atoms with Crippen LogP contribution in [0.1, 0.15) is 46.7 Å². The number of pyridine rings is 1. The number of aliphatic hydroxyl groups excluding tert-OH is 1. The van der Waals surface area contributed by atoms with E-state index in [9.17, 15) is 22.8 Å². The minimum atomic E-state index is -4.52. The first kappa shape index (κ1) is 25.1. The molecule has 0 radical (unpaired) electrons. The summed E-state index contributed by atoms with van der Waals surface area (Å²) < 4.78 is 41.7. The molecule has 1 unspecified atom stereocenters. The van der Waals surface area contributed by atoms with E-state index in [1.807, 2.05) is 0 Å². The van der Waals surface area contributed by atoms with Crippen LogP contribution in [0.25, 0.3) is 0 Å². The van der Waals surface area contributed by atoms with Gasteiger partial charge in [0, 0.05) is 55.7 Å². The van der Waals surface area contributed by atoms with Gasteiger partial charge in [-0.1, -0.05) is 6.92 Å². The average molecular weight is 457 g/mol. The summed E-state index contributed by atoms with van der Waals surface area (Å²) >= 11 is 0. The van der Waals surface area contributed by atoms with Gasteiger partial charge in [0.25, 0.3) is 11.8 Å². The van der Waals surface area contributed by atoms with Crippen LogP contribution in [-0.2, 0) is 11.3 Å². The zero-order chi connectivity index (χ0) is 23.9. The van der Waals surface area contributed by atoms with Gasteiger partial charge >= 0.3 is 6.18 Å². The third-order valence-electron chi connectivity index (χ3n) is 4.42. The first-order valence-electron chi connectivity index (χ1n) is 9.89. The number of allylic oxidation sites excluding steroid dienone is 1. The summed E-state index contributed by atoms with van der Waals surface area (Å²) in [5.74, 6) is -1.40. The van der Waals surface area contributed by atoms with E-state index in [-0.39, 0.29) is 55.3 Å². The van der Waals surface area contributed by atoms with E-state index in [0.29, 0.717) is 17.5 Å². The minimum absolute atomic E-state index is 0.00900. The number of aromatic nitrogens is 1. The maximum atomic E-state index is 12.7. The van der Waals surface area contributed by atoms with E-state index in [0.717, 1.165) is 0 Å². The second kappa shape index (κ2) is 10.9. The van der Waals surface area contributed by atoms with Gasteiger partial charge in [-0.25, -0.2) is 4.99 Å². The molecule has 1 aromatic heterocycles. The molecule has 2 amide bonds. The predicted molar refractivity (Wildman–Crippen MR) is 110 cm³/mol. The molecule has 176 valence electrons. The number of fused-ring (bicyclic) bond motifs is 1. The van der Waals surface area contributed by atoms with Crippen LogP contribution in [0, 0.1) is 5.92 Å². The van der Waals surface area contributed by atoms with Crippen LogP contribution >= 0.6 is 0 Å². The third-order valence-corrected chi connectivity index (χ3v) is 4.42. The quantitative estimate of drug-likeness (QED) is 0.278. The van der Waals surface area contributed by atoms with Crippen molar-refractivity contribution in [3.63, 3.8) is 0 Å². The number of rotatable bonds is 10. The van der Waals surface area contributed by atoms with Crippen molar-refractivity contribution in [1.82, 2.24) is 15.2 Å². The maximum Gasteiger partial charge on any atom is 0.422 e. The highest BCUT2D eigenvalue weighted by molar-refractivity contribution is 6.03. The predicted octanol–water partition coefficient (Wildman–Crippen LogP) is 1.58. The molecule has 0 bridgehead atoms. The Morgan fingerprint density at radius 2 is 2.22 bits per heavy atom. The number of aliphatic imine (C=N–C) groups is 1.